The molecular formula is C17H14N2O. The van der Waals surface area contributed by atoms with Gasteiger partial charge in [0.25, 0.3) is 0 Å². The molecule has 0 aliphatic carbocycles. The van der Waals surface area contributed by atoms with E-state index >= 15 is 0 Å². The van der Waals surface area contributed by atoms with Crippen LogP contribution in [0.5, 0.6) is 0 Å². The van der Waals surface area contributed by atoms with E-state index in [2.05, 4.69) is 9.97 Å². The van der Waals surface area contributed by atoms with Gasteiger partial charge in [0.15, 0.2) is 5.78 Å². The lowest BCUT2D eigenvalue weighted by molar-refractivity contribution is 0.0982. The Morgan fingerprint density at radius 3 is 2.70 bits per heavy atom. The Balaban J connectivity index is 1.75. The number of para-hydroxylation sites is 1. The van der Waals surface area contributed by atoms with Crippen LogP contribution < -0.4 is 0 Å². The van der Waals surface area contributed by atoms with E-state index in [0.29, 0.717) is 18.4 Å². The first kappa shape index (κ1) is 12.5. The third-order valence-electron chi connectivity index (χ3n) is 3.25. The quantitative estimate of drug-likeness (QED) is 0.676. The van der Waals surface area contributed by atoms with Gasteiger partial charge in [-0.25, -0.2) is 0 Å². The smallest absolute Gasteiger partial charge is 0.164 e. The lowest BCUT2D eigenvalue weighted by atomic mass is 10.0. The number of fused-ring (bicyclic) bond motifs is 1. The van der Waals surface area contributed by atoms with Gasteiger partial charge in [-0.3, -0.25) is 14.8 Å². The molecule has 0 aliphatic rings. The normalized spacial score (nSPS) is 10.6. The summed E-state index contributed by atoms with van der Waals surface area (Å²) in [6.45, 7) is 0. The van der Waals surface area contributed by atoms with Crippen molar-refractivity contribution >= 4 is 16.7 Å². The van der Waals surface area contributed by atoms with Gasteiger partial charge in [0.05, 0.1) is 5.52 Å². The second kappa shape index (κ2) is 5.61. The maximum atomic E-state index is 12.2. The lowest BCUT2D eigenvalue weighted by Gasteiger charge is -2.03. The molecule has 3 heteroatoms. The van der Waals surface area contributed by atoms with Crippen LogP contribution in [0.3, 0.4) is 0 Å². The second-order valence-electron chi connectivity index (χ2n) is 4.66. The lowest BCUT2D eigenvalue weighted by Crippen LogP contribution is -2.02. The molecule has 0 saturated carbocycles. The number of aryl methyl sites for hydroxylation is 1. The van der Waals surface area contributed by atoms with E-state index in [4.69, 9.17) is 0 Å². The van der Waals surface area contributed by atoms with Crippen molar-refractivity contribution in [3.05, 3.63) is 72.2 Å². The SMILES string of the molecule is O=C(CCc1ccccn1)c1cnc2ccccc2c1. The zero-order valence-corrected chi connectivity index (χ0v) is 11.0. The summed E-state index contributed by atoms with van der Waals surface area (Å²) in [7, 11) is 0. The summed E-state index contributed by atoms with van der Waals surface area (Å²) in [6.07, 6.45) is 4.52. The van der Waals surface area contributed by atoms with Crippen LogP contribution in [0.15, 0.2) is 60.9 Å². The minimum absolute atomic E-state index is 0.105. The van der Waals surface area contributed by atoms with Crippen LogP contribution in [0, 0.1) is 0 Å². The summed E-state index contributed by atoms with van der Waals surface area (Å²) in [4.78, 5) is 20.7. The first-order valence-corrected chi connectivity index (χ1v) is 6.61. The largest absolute Gasteiger partial charge is 0.294 e. The van der Waals surface area contributed by atoms with Crippen molar-refractivity contribution < 1.29 is 4.79 Å². The van der Waals surface area contributed by atoms with Gasteiger partial charge in [0.2, 0.25) is 0 Å². The Morgan fingerprint density at radius 2 is 1.85 bits per heavy atom. The Morgan fingerprint density at radius 1 is 1.00 bits per heavy atom. The summed E-state index contributed by atoms with van der Waals surface area (Å²) < 4.78 is 0. The van der Waals surface area contributed by atoms with Gasteiger partial charge in [-0.15, -0.1) is 0 Å². The van der Waals surface area contributed by atoms with Gasteiger partial charge in [0, 0.05) is 35.5 Å². The van der Waals surface area contributed by atoms with Gasteiger partial charge in [0.1, 0.15) is 0 Å². The number of aromatic nitrogens is 2. The molecule has 0 bridgehead atoms. The molecule has 0 N–H and O–H groups in total. The summed E-state index contributed by atoms with van der Waals surface area (Å²) in [5, 5.41) is 0.996. The van der Waals surface area contributed by atoms with Crippen LogP contribution in [-0.2, 0) is 6.42 Å². The molecule has 1 aromatic carbocycles. The molecule has 0 aliphatic heterocycles. The van der Waals surface area contributed by atoms with Crippen LogP contribution in [0.25, 0.3) is 10.9 Å². The van der Waals surface area contributed by atoms with Gasteiger partial charge in [-0.2, -0.15) is 0 Å². The van der Waals surface area contributed by atoms with Gasteiger partial charge >= 0.3 is 0 Å². The average Bonchev–Trinajstić information content (AvgIpc) is 2.53. The van der Waals surface area contributed by atoms with Crippen molar-refractivity contribution in [1.82, 2.24) is 9.97 Å². The molecule has 0 spiro atoms. The molecule has 3 rings (SSSR count). The number of pyridine rings is 2. The predicted octanol–water partition coefficient (Wildman–Crippen LogP) is 3.45. The standard InChI is InChI=1S/C17H14N2O/c20-17(9-8-15-6-3-4-10-18-15)14-11-13-5-1-2-7-16(13)19-12-14/h1-7,10-12H,8-9H2. The Bertz CT molecular complexity index is 738. The van der Waals surface area contributed by atoms with Crippen molar-refractivity contribution in [3.8, 4) is 0 Å². The zero-order valence-electron chi connectivity index (χ0n) is 11.0. The average molecular weight is 262 g/mol. The van der Waals surface area contributed by atoms with E-state index in [0.717, 1.165) is 16.6 Å². The third kappa shape index (κ3) is 2.72. The molecule has 98 valence electrons. The van der Waals surface area contributed by atoms with Gasteiger partial charge in [-0.1, -0.05) is 24.3 Å². The van der Waals surface area contributed by atoms with E-state index in [1.165, 1.54) is 0 Å². The summed E-state index contributed by atoms with van der Waals surface area (Å²) in [5.74, 6) is 0.105. The summed E-state index contributed by atoms with van der Waals surface area (Å²) >= 11 is 0. The number of carbonyl (C=O) groups excluding carboxylic acids is 1. The first-order chi connectivity index (χ1) is 9.83. The fourth-order valence-corrected chi connectivity index (χ4v) is 2.16. The molecule has 0 unspecified atom stereocenters. The van der Waals surface area contributed by atoms with Gasteiger partial charge in [-0.05, 0) is 30.7 Å². The minimum Gasteiger partial charge on any atom is -0.294 e. The van der Waals surface area contributed by atoms with Crippen molar-refractivity contribution in [3.63, 3.8) is 0 Å². The van der Waals surface area contributed by atoms with Crippen molar-refractivity contribution in [2.45, 2.75) is 12.8 Å². The number of benzene rings is 1. The van der Waals surface area contributed by atoms with E-state index in [9.17, 15) is 4.79 Å². The molecule has 0 atom stereocenters. The molecule has 0 amide bonds. The number of Topliss-reactive ketones (excluding diaryl/α,β-unsaturated/α-hetero) is 1. The van der Waals surface area contributed by atoms with Crippen LogP contribution in [0.4, 0.5) is 0 Å². The molecule has 2 aromatic heterocycles. The number of hydrogen-bond acceptors (Lipinski definition) is 3. The second-order valence-corrected chi connectivity index (χ2v) is 4.66. The highest BCUT2D eigenvalue weighted by molar-refractivity contribution is 5.98. The Hall–Kier alpha value is -2.55. The molecule has 3 aromatic rings. The molecule has 0 saturated heterocycles. The highest BCUT2D eigenvalue weighted by atomic mass is 16.1. The van der Waals surface area contributed by atoms with Crippen LogP contribution in [0.2, 0.25) is 0 Å². The van der Waals surface area contributed by atoms with E-state index < -0.39 is 0 Å². The number of hydrogen-bond donors (Lipinski definition) is 0. The Kier molecular flexibility index (Phi) is 3.50. The number of nitrogens with zero attached hydrogens (tertiary/aromatic N) is 2. The minimum atomic E-state index is 0.105. The van der Waals surface area contributed by atoms with Crippen molar-refractivity contribution in [1.29, 1.82) is 0 Å². The molecule has 0 fully saturated rings. The summed E-state index contributed by atoms with van der Waals surface area (Å²) in [5.41, 5.74) is 2.52. The number of carbonyl (C=O) groups is 1. The third-order valence-corrected chi connectivity index (χ3v) is 3.25. The van der Waals surface area contributed by atoms with Crippen LogP contribution >= 0.6 is 0 Å². The maximum Gasteiger partial charge on any atom is 0.164 e. The first-order valence-electron chi connectivity index (χ1n) is 6.61. The molecular weight excluding hydrogens is 248 g/mol. The molecule has 3 nitrogen and oxygen atoms in total. The van der Waals surface area contributed by atoms with E-state index in [1.807, 2.05) is 48.5 Å². The highest BCUT2D eigenvalue weighted by Gasteiger charge is 2.08. The predicted molar refractivity (Wildman–Crippen MR) is 78.6 cm³/mol. The van der Waals surface area contributed by atoms with E-state index in [1.54, 1.807) is 12.4 Å². The van der Waals surface area contributed by atoms with Crippen LogP contribution in [0.1, 0.15) is 22.5 Å². The molecule has 0 radical (unpaired) electrons. The fourth-order valence-electron chi connectivity index (χ4n) is 2.16. The fraction of sp³-hybridized carbons (Fsp3) is 0.118. The highest BCUT2D eigenvalue weighted by Crippen LogP contribution is 2.14. The monoisotopic (exact) mass is 262 g/mol. The van der Waals surface area contributed by atoms with Gasteiger partial charge < -0.3 is 0 Å². The van der Waals surface area contributed by atoms with Crippen molar-refractivity contribution in [2.24, 2.45) is 0 Å². The number of rotatable bonds is 4. The van der Waals surface area contributed by atoms with Crippen molar-refractivity contribution in [2.75, 3.05) is 0 Å². The topological polar surface area (TPSA) is 42.9 Å². The van der Waals surface area contributed by atoms with E-state index in [-0.39, 0.29) is 5.78 Å². The zero-order chi connectivity index (χ0) is 13.8. The Labute approximate surface area is 117 Å². The van der Waals surface area contributed by atoms with Crippen LogP contribution in [-0.4, -0.2) is 15.8 Å². The summed E-state index contributed by atoms with van der Waals surface area (Å²) in [6, 6.07) is 15.5. The number of ketones is 1. The molecule has 20 heavy (non-hydrogen) atoms. The molecule has 2 heterocycles. The maximum absolute atomic E-state index is 12.2.